The van der Waals surface area contributed by atoms with Crippen LogP contribution in [-0.4, -0.2) is 30.4 Å². The third-order valence-electron chi connectivity index (χ3n) is 2.39. The number of methoxy groups -OCH3 is 1. The molecule has 0 spiro atoms. The number of hydrogen-bond acceptors (Lipinski definition) is 4. The highest BCUT2D eigenvalue weighted by molar-refractivity contribution is 5.78. The number of aliphatic hydroxyl groups is 1. The molecule has 20 heavy (non-hydrogen) atoms. The summed E-state index contributed by atoms with van der Waals surface area (Å²) >= 11 is 0. The Morgan fingerprint density at radius 2 is 1.95 bits per heavy atom. The molecule has 0 fully saturated rings. The summed E-state index contributed by atoms with van der Waals surface area (Å²) in [6.45, 7) is 0.440. The van der Waals surface area contributed by atoms with Crippen LogP contribution in [0.15, 0.2) is 18.2 Å². The van der Waals surface area contributed by atoms with Crippen LogP contribution in [0, 0.1) is 5.82 Å². The van der Waals surface area contributed by atoms with Crippen molar-refractivity contribution < 1.29 is 36.9 Å². The predicted octanol–water partition coefficient (Wildman–Crippen LogP) is 2.15. The molecule has 0 saturated heterocycles. The van der Waals surface area contributed by atoms with Crippen molar-refractivity contribution in [3.63, 3.8) is 0 Å². The van der Waals surface area contributed by atoms with E-state index >= 15 is 0 Å². The van der Waals surface area contributed by atoms with Crippen LogP contribution in [0.2, 0.25) is 0 Å². The average Bonchev–Trinajstić information content (AvgIpc) is 2.35. The Labute approximate surface area is 111 Å². The molecule has 0 aliphatic rings. The van der Waals surface area contributed by atoms with Crippen LogP contribution < -0.4 is 4.74 Å². The molecule has 1 N–H and O–H groups in total. The van der Waals surface area contributed by atoms with E-state index in [1.54, 1.807) is 0 Å². The SMILES string of the molecule is COC(=O)C(C)(O)COc1ccc(F)c(C(F)(F)F)c1. The number of rotatable bonds is 4. The van der Waals surface area contributed by atoms with E-state index in [0.717, 1.165) is 20.1 Å². The molecule has 0 aromatic heterocycles. The van der Waals surface area contributed by atoms with Gasteiger partial charge < -0.3 is 14.6 Å². The third kappa shape index (κ3) is 3.83. The molecule has 0 heterocycles. The molecule has 112 valence electrons. The Morgan fingerprint density at radius 1 is 1.35 bits per heavy atom. The molecule has 0 aliphatic heterocycles. The van der Waals surface area contributed by atoms with Gasteiger partial charge in [0.05, 0.1) is 12.7 Å². The van der Waals surface area contributed by atoms with Crippen LogP contribution in [0.25, 0.3) is 0 Å². The number of carbonyl (C=O) groups is 1. The smallest absolute Gasteiger partial charge is 0.419 e. The van der Waals surface area contributed by atoms with Crippen molar-refractivity contribution in [3.05, 3.63) is 29.6 Å². The minimum absolute atomic E-state index is 0.331. The molecule has 8 heteroatoms. The molecule has 1 atom stereocenters. The summed E-state index contributed by atoms with van der Waals surface area (Å²) in [4.78, 5) is 11.1. The van der Waals surface area contributed by atoms with E-state index in [1.165, 1.54) is 0 Å². The highest BCUT2D eigenvalue weighted by atomic mass is 19.4. The van der Waals surface area contributed by atoms with Crippen molar-refractivity contribution >= 4 is 5.97 Å². The second-order valence-corrected chi connectivity index (χ2v) is 4.19. The monoisotopic (exact) mass is 296 g/mol. The largest absolute Gasteiger partial charge is 0.490 e. The summed E-state index contributed by atoms with van der Waals surface area (Å²) < 4.78 is 59.6. The fraction of sp³-hybridized carbons (Fsp3) is 0.417. The Bertz CT molecular complexity index is 497. The minimum atomic E-state index is -4.87. The first kappa shape index (κ1) is 16.2. The second kappa shape index (κ2) is 5.66. The summed E-state index contributed by atoms with van der Waals surface area (Å²) in [6, 6.07) is 1.99. The summed E-state index contributed by atoms with van der Waals surface area (Å²) in [6.07, 6.45) is -4.87. The molecule has 1 aromatic rings. The van der Waals surface area contributed by atoms with Gasteiger partial charge in [0.25, 0.3) is 0 Å². The van der Waals surface area contributed by atoms with E-state index in [9.17, 15) is 27.5 Å². The number of benzene rings is 1. The normalized spacial score (nSPS) is 14.6. The van der Waals surface area contributed by atoms with Gasteiger partial charge in [0.1, 0.15) is 18.2 Å². The van der Waals surface area contributed by atoms with Gasteiger partial charge in [-0.25, -0.2) is 9.18 Å². The maximum absolute atomic E-state index is 13.0. The van der Waals surface area contributed by atoms with Gasteiger partial charge in [-0.15, -0.1) is 0 Å². The predicted molar refractivity (Wildman–Crippen MR) is 59.5 cm³/mol. The summed E-state index contributed by atoms with van der Waals surface area (Å²) in [7, 11) is 1.04. The number of ether oxygens (including phenoxy) is 2. The number of hydrogen-bond donors (Lipinski definition) is 1. The summed E-state index contributed by atoms with van der Waals surface area (Å²) in [5.74, 6) is -2.77. The van der Waals surface area contributed by atoms with E-state index in [4.69, 9.17) is 4.74 Å². The lowest BCUT2D eigenvalue weighted by atomic mass is 10.1. The maximum atomic E-state index is 13.0. The first-order valence-corrected chi connectivity index (χ1v) is 5.38. The van der Waals surface area contributed by atoms with Crippen molar-refractivity contribution in [2.75, 3.05) is 13.7 Å². The lowest BCUT2D eigenvalue weighted by Crippen LogP contribution is -2.42. The topological polar surface area (TPSA) is 55.8 Å². The number of carbonyl (C=O) groups excluding carboxylic acids is 1. The second-order valence-electron chi connectivity index (χ2n) is 4.19. The third-order valence-corrected chi connectivity index (χ3v) is 2.39. The Balaban J connectivity index is 2.88. The van der Waals surface area contributed by atoms with E-state index in [-0.39, 0.29) is 5.75 Å². The van der Waals surface area contributed by atoms with Gasteiger partial charge >= 0.3 is 12.1 Å². The Morgan fingerprint density at radius 3 is 2.45 bits per heavy atom. The zero-order chi connectivity index (χ0) is 15.6. The van der Waals surface area contributed by atoms with Gasteiger partial charge in [0.2, 0.25) is 0 Å². The molecule has 1 aromatic carbocycles. The van der Waals surface area contributed by atoms with Crippen LogP contribution in [0.5, 0.6) is 5.75 Å². The maximum Gasteiger partial charge on any atom is 0.419 e. The van der Waals surface area contributed by atoms with E-state index < -0.39 is 35.7 Å². The molecule has 0 radical (unpaired) electrons. The standard InChI is InChI=1S/C12H12F4O4/c1-11(18,10(17)19-2)6-20-7-3-4-9(13)8(5-7)12(14,15)16/h3-5,18H,6H2,1-2H3. The van der Waals surface area contributed by atoms with Gasteiger partial charge in [0.15, 0.2) is 5.60 Å². The first-order valence-electron chi connectivity index (χ1n) is 5.38. The molecular formula is C12H12F4O4. The van der Waals surface area contributed by atoms with Gasteiger partial charge in [-0.3, -0.25) is 0 Å². The number of esters is 1. The summed E-state index contributed by atoms with van der Waals surface area (Å²) in [5, 5.41) is 9.63. The van der Waals surface area contributed by atoms with Crippen molar-refractivity contribution in [2.24, 2.45) is 0 Å². The molecule has 0 saturated carbocycles. The zero-order valence-electron chi connectivity index (χ0n) is 10.6. The van der Waals surface area contributed by atoms with Crippen molar-refractivity contribution in [1.29, 1.82) is 0 Å². The van der Waals surface area contributed by atoms with Crippen LogP contribution in [0.3, 0.4) is 0 Å². The van der Waals surface area contributed by atoms with Gasteiger partial charge in [-0.1, -0.05) is 0 Å². The lowest BCUT2D eigenvalue weighted by molar-refractivity contribution is -0.163. The highest BCUT2D eigenvalue weighted by Crippen LogP contribution is 2.33. The molecule has 0 bridgehead atoms. The van der Waals surface area contributed by atoms with Crippen molar-refractivity contribution in [1.82, 2.24) is 0 Å². The molecule has 0 aliphatic carbocycles. The van der Waals surface area contributed by atoms with Gasteiger partial charge in [-0.05, 0) is 25.1 Å². The molecule has 0 amide bonds. The fourth-order valence-electron chi connectivity index (χ4n) is 1.31. The highest BCUT2D eigenvalue weighted by Gasteiger charge is 2.35. The first-order chi connectivity index (χ1) is 9.08. The number of halogens is 4. The summed E-state index contributed by atoms with van der Waals surface area (Å²) in [5.41, 5.74) is -3.52. The van der Waals surface area contributed by atoms with Gasteiger partial charge in [-0.2, -0.15) is 13.2 Å². The fourth-order valence-corrected chi connectivity index (χ4v) is 1.31. The van der Waals surface area contributed by atoms with E-state index in [0.29, 0.717) is 12.1 Å². The Hall–Kier alpha value is -1.83. The lowest BCUT2D eigenvalue weighted by Gasteiger charge is -2.20. The van der Waals surface area contributed by atoms with Crippen LogP contribution in [-0.2, 0) is 15.7 Å². The number of alkyl halides is 3. The molecule has 1 rings (SSSR count). The van der Waals surface area contributed by atoms with Crippen LogP contribution in [0.1, 0.15) is 12.5 Å². The van der Waals surface area contributed by atoms with E-state index in [1.807, 2.05) is 0 Å². The molecular weight excluding hydrogens is 284 g/mol. The zero-order valence-corrected chi connectivity index (χ0v) is 10.6. The van der Waals surface area contributed by atoms with Gasteiger partial charge in [0, 0.05) is 0 Å². The minimum Gasteiger partial charge on any atom is -0.490 e. The van der Waals surface area contributed by atoms with Crippen molar-refractivity contribution in [3.8, 4) is 5.75 Å². The average molecular weight is 296 g/mol. The molecule has 4 nitrogen and oxygen atoms in total. The van der Waals surface area contributed by atoms with Crippen LogP contribution in [0.4, 0.5) is 17.6 Å². The van der Waals surface area contributed by atoms with Crippen LogP contribution >= 0.6 is 0 Å². The van der Waals surface area contributed by atoms with Crippen molar-refractivity contribution in [2.45, 2.75) is 18.7 Å². The Kier molecular flexibility index (Phi) is 4.59. The quantitative estimate of drug-likeness (QED) is 0.683. The van der Waals surface area contributed by atoms with E-state index in [2.05, 4.69) is 4.74 Å². The molecule has 1 unspecified atom stereocenters.